The van der Waals surface area contributed by atoms with Crippen LogP contribution in [0.1, 0.15) is 29.2 Å². The van der Waals surface area contributed by atoms with Crippen LogP contribution in [0, 0.1) is 12.8 Å². The lowest BCUT2D eigenvalue weighted by atomic mass is 10.1. The van der Waals surface area contributed by atoms with Crippen LogP contribution >= 0.6 is 11.3 Å². The Morgan fingerprint density at radius 1 is 1.55 bits per heavy atom. The highest BCUT2D eigenvalue weighted by atomic mass is 32.1. The first-order chi connectivity index (χ1) is 9.52. The molecular weight excluding hydrogens is 276 g/mol. The van der Waals surface area contributed by atoms with Crippen LogP contribution in [0.15, 0.2) is 22.8 Å². The van der Waals surface area contributed by atoms with E-state index in [0.717, 1.165) is 4.88 Å². The number of aliphatic hydroxyl groups excluding tert-OH is 1. The van der Waals surface area contributed by atoms with Crippen LogP contribution in [0.3, 0.4) is 0 Å². The molecule has 0 aliphatic heterocycles. The monoisotopic (exact) mass is 294 g/mol. The molecular formula is C14H18N2O3S. The third-order valence-electron chi connectivity index (χ3n) is 3.06. The molecule has 2 aromatic heterocycles. The van der Waals surface area contributed by atoms with Crippen LogP contribution in [0.25, 0.3) is 10.8 Å². The Labute approximate surface area is 121 Å². The number of aryl methyl sites for hydroxylation is 1. The first kappa shape index (κ1) is 14.7. The lowest BCUT2D eigenvalue weighted by molar-refractivity contribution is 0.0892. The van der Waals surface area contributed by atoms with E-state index in [-0.39, 0.29) is 24.5 Å². The summed E-state index contributed by atoms with van der Waals surface area (Å²) in [5.41, 5.74) is 0.389. The maximum Gasteiger partial charge on any atom is 0.271 e. The van der Waals surface area contributed by atoms with Gasteiger partial charge in [-0.25, -0.2) is 4.98 Å². The largest absolute Gasteiger partial charge is 0.462 e. The van der Waals surface area contributed by atoms with Crippen LogP contribution in [0.2, 0.25) is 0 Å². The van der Waals surface area contributed by atoms with E-state index in [2.05, 4.69) is 10.3 Å². The van der Waals surface area contributed by atoms with Gasteiger partial charge in [0.05, 0.1) is 18.9 Å². The minimum Gasteiger partial charge on any atom is -0.462 e. The Balaban J connectivity index is 2.18. The second-order valence-corrected chi connectivity index (χ2v) is 6.11. The number of carbonyl (C=O) groups excluding carboxylic acids is 1. The predicted molar refractivity (Wildman–Crippen MR) is 77.7 cm³/mol. The maximum atomic E-state index is 12.2. The molecule has 2 aromatic rings. The van der Waals surface area contributed by atoms with Crippen LogP contribution in [-0.2, 0) is 0 Å². The third kappa shape index (κ3) is 3.08. The molecule has 20 heavy (non-hydrogen) atoms. The van der Waals surface area contributed by atoms with Crippen molar-refractivity contribution >= 4 is 17.2 Å². The van der Waals surface area contributed by atoms with Gasteiger partial charge in [0.15, 0.2) is 10.8 Å². The molecule has 2 rings (SSSR count). The molecule has 0 spiro atoms. The summed E-state index contributed by atoms with van der Waals surface area (Å²) in [6.45, 7) is 5.66. The fourth-order valence-corrected chi connectivity index (χ4v) is 2.65. The zero-order valence-electron chi connectivity index (χ0n) is 11.7. The van der Waals surface area contributed by atoms with E-state index in [9.17, 15) is 9.90 Å². The van der Waals surface area contributed by atoms with Gasteiger partial charge in [0, 0.05) is 4.88 Å². The van der Waals surface area contributed by atoms with Gasteiger partial charge in [0.2, 0.25) is 0 Å². The van der Waals surface area contributed by atoms with E-state index < -0.39 is 0 Å². The van der Waals surface area contributed by atoms with Crippen molar-refractivity contribution in [2.45, 2.75) is 26.8 Å². The van der Waals surface area contributed by atoms with Crippen LogP contribution in [0.5, 0.6) is 0 Å². The van der Waals surface area contributed by atoms with Crippen LogP contribution < -0.4 is 5.32 Å². The van der Waals surface area contributed by atoms with E-state index in [1.165, 1.54) is 11.3 Å². The van der Waals surface area contributed by atoms with Crippen molar-refractivity contribution in [3.8, 4) is 10.8 Å². The van der Waals surface area contributed by atoms with E-state index in [4.69, 9.17) is 4.42 Å². The number of rotatable bonds is 5. The summed E-state index contributed by atoms with van der Waals surface area (Å²) in [5, 5.41) is 12.8. The molecule has 5 nitrogen and oxygen atoms in total. The van der Waals surface area contributed by atoms with Crippen molar-refractivity contribution in [3.63, 3.8) is 0 Å². The van der Waals surface area contributed by atoms with Gasteiger partial charge < -0.3 is 14.8 Å². The number of hydrogen-bond acceptors (Lipinski definition) is 5. The summed E-state index contributed by atoms with van der Waals surface area (Å²) < 4.78 is 5.28. The molecule has 0 saturated carbocycles. The quantitative estimate of drug-likeness (QED) is 0.888. The van der Waals surface area contributed by atoms with E-state index in [1.54, 1.807) is 12.3 Å². The summed E-state index contributed by atoms with van der Waals surface area (Å²) in [5.74, 6) is 0.552. The molecule has 0 saturated heterocycles. The fourth-order valence-electron chi connectivity index (χ4n) is 1.77. The SMILES string of the molecule is Cc1sc(-c2ccco2)nc1C(=O)NC(CO)C(C)C. The molecule has 108 valence electrons. The number of amides is 1. The summed E-state index contributed by atoms with van der Waals surface area (Å²) in [7, 11) is 0. The molecule has 2 N–H and O–H groups in total. The molecule has 1 amide bonds. The number of aromatic nitrogens is 1. The predicted octanol–water partition coefficient (Wildman–Crippen LogP) is 2.46. The molecule has 2 heterocycles. The molecule has 0 aromatic carbocycles. The lowest BCUT2D eigenvalue weighted by Gasteiger charge is -2.19. The zero-order valence-corrected chi connectivity index (χ0v) is 12.5. The molecule has 1 atom stereocenters. The highest BCUT2D eigenvalue weighted by molar-refractivity contribution is 7.15. The van der Waals surface area contributed by atoms with Gasteiger partial charge in [0.1, 0.15) is 5.69 Å². The Morgan fingerprint density at radius 3 is 2.85 bits per heavy atom. The number of hydrogen-bond donors (Lipinski definition) is 2. The Morgan fingerprint density at radius 2 is 2.30 bits per heavy atom. The topological polar surface area (TPSA) is 75.4 Å². The van der Waals surface area contributed by atoms with Gasteiger partial charge in [-0.15, -0.1) is 11.3 Å². The van der Waals surface area contributed by atoms with Gasteiger partial charge in [-0.05, 0) is 25.0 Å². The Bertz CT molecular complexity index is 575. The second kappa shape index (κ2) is 6.19. The first-order valence-corrected chi connectivity index (χ1v) is 7.27. The minimum absolute atomic E-state index is 0.0857. The Hall–Kier alpha value is -1.66. The number of aliphatic hydroxyl groups is 1. The van der Waals surface area contributed by atoms with Crippen LogP contribution in [0.4, 0.5) is 0 Å². The number of thiazole rings is 1. The lowest BCUT2D eigenvalue weighted by Crippen LogP contribution is -2.41. The summed E-state index contributed by atoms with van der Waals surface area (Å²) >= 11 is 1.42. The van der Waals surface area contributed by atoms with Gasteiger partial charge in [0.25, 0.3) is 5.91 Å². The van der Waals surface area contributed by atoms with Gasteiger partial charge >= 0.3 is 0 Å². The number of nitrogens with zero attached hydrogens (tertiary/aromatic N) is 1. The Kier molecular flexibility index (Phi) is 4.57. The summed E-state index contributed by atoms with van der Waals surface area (Å²) in [4.78, 5) is 17.4. The molecule has 1 unspecified atom stereocenters. The van der Waals surface area contributed by atoms with Crippen molar-refractivity contribution in [2.24, 2.45) is 5.92 Å². The molecule has 6 heteroatoms. The molecule has 0 bridgehead atoms. The molecule has 0 fully saturated rings. The highest BCUT2D eigenvalue weighted by Gasteiger charge is 2.21. The van der Waals surface area contributed by atoms with Gasteiger partial charge in [-0.3, -0.25) is 4.79 Å². The van der Waals surface area contributed by atoms with Crippen molar-refractivity contribution < 1.29 is 14.3 Å². The highest BCUT2D eigenvalue weighted by Crippen LogP contribution is 2.27. The summed E-state index contributed by atoms with van der Waals surface area (Å²) in [6.07, 6.45) is 1.58. The number of carbonyl (C=O) groups is 1. The zero-order chi connectivity index (χ0) is 14.7. The van der Waals surface area contributed by atoms with E-state index in [0.29, 0.717) is 16.5 Å². The average Bonchev–Trinajstić information content (AvgIpc) is 3.03. The normalized spacial score (nSPS) is 12.7. The number of furan rings is 1. The van der Waals surface area contributed by atoms with Gasteiger partial charge in [-0.2, -0.15) is 0 Å². The molecule has 0 aliphatic rings. The van der Waals surface area contributed by atoms with Crippen molar-refractivity contribution in [1.82, 2.24) is 10.3 Å². The minimum atomic E-state index is -0.268. The van der Waals surface area contributed by atoms with E-state index >= 15 is 0 Å². The first-order valence-electron chi connectivity index (χ1n) is 6.46. The smallest absolute Gasteiger partial charge is 0.271 e. The van der Waals surface area contributed by atoms with Crippen LogP contribution in [-0.4, -0.2) is 28.6 Å². The second-order valence-electron chi connectivity index (χ2n) is 4.91. The fraction of sp³-hybridized carbons (Fsp3) is 0.429. The molecule has 0 aliphatic carbocycles. The van der Waals surface area contributed by atoms with E-state index in [1.807, 2.05) is 26.8 Å². The standard InChI is InChI=1S/C14H18N2O3S/c1-8(2)10(7-17)15-13(18)12-9(3)20-14(16-12)11-5-4-6-19-11/h4-6,8,10,17H,7H2,1-3H3,(H,15,18). The van der Waals surface area contributed by atoms with Crippen molar-refractivity contribution in [1.29, 1.82) is 0 Å². The van der Waals surface area contributed by atoms with Gasteiger partial charge in [-0.1, -0.05) is 13.8 Å². The number of nitrogens with one attached hydrogen (secondary N) is 1. The van der Waals surface area contributed by atoms with Crippen molar-refractivity contribution in [2.75, 3.05) is 6.61 Å². The average molecular weight is 294 g/mol. The molecule has 0 radical (unpaired) electrons. The van der Waals surface area contributed by atoms with Crippen molar-refractivity contribution in [3.05, 3.63) is 29.0 Å². The third-order valence-corrected chi connectivity index (χ3v) is 4.05. The summed E-state index contributed by atoms with van der Waals surface area (Å²) in [6, 6.07) is 3.33. The maximum absolute atomic E-state index is 12.2.